The molecule has 2 atom stereocenters. The molecule has 1 saturated carbocycles. The van der Waals surface area contributed by atoms with Crippen molar-refractivity contribution in [3.05, 3.63) is 36.0 Å². The Bertz CT molecular complexity index is 787. The van der Waals surface area contributed by atoms with Crippen molar-refractivity contribution < 1.29 is 8.91 Å². The normalized spacial score (nSPS) is 29.8. The molecule has 0 bridgehead atoms. The van der Waals surface area contributed by atoms with Crippen LogP contribution in [0.25, 0.3) is 11.4 Å². The molecule has 1 aromatic carbocycles. The summed E-state index contributed by atoms with van der Waals surface area (Å²) in [5, 5.41) is 4.19. The van der Waals surface area contributed by atoms with Gasteiger partial charge in [-0.3, -0.25) is 0 Å². The van der Waals surface area contributed by atoms with E-state index < -0.39 is 0 Å². The second kappa shape index (κ2) is 6.13. The number of hydrogen-bond acceptors (Lipinski definition) is 5. The molecule has 6 heteroatoms. The van der Waals surface area contributed by atoms with Gasteiger partial charge in [0.15, 0.2) is 0 Å². The van der Waals surface area contributed by atoms with Gasteiger partial charge in [0.25, 0.3) is 0 Å². The molecule has 3 fully saturated rings. The molecule has 0 N–H and O–H groups in total. The van der Waals surface area contributed by atoms with E-state index in [-0.39, 0.29) is 17.2 Å². The third-order valence-electron chi connectivity index (χ3n) is 6.35. The molecule has 0 radical (unpaired) electrons. The predicted octanol–water partition coefficient (Wildman–Crippen LogP) is 3.01. The van der Waals surface area contributed by atoms with Gasteiger partial charge in [0.1, 0.15) is 5.82 Å². The van der Waals surface area contributed by atoms with Crippen molar-refractivity contribution in [2.75, 3.05) is 39.8 Å². The van der Waals surface area contributed by atoms with Crippen LogP contribution in [0.5, 0.6) is 0 Å². The standard InChI is InChI=1S/C20H25FN4O/c1-24-9-8-20(12-24)13-25(10-14-2-3-14)11-17(20)19-22-18(23-26-19)15-4-6-16(21)7-5-15/h4-7,14,17H,2-3,8-13H2,1H3/t17-,20-/m0/s1. The lowest BCUT2D eigenvalue weighted by molar-refractivity contribution is 0.223. The molecule has 2 aliphatic heterocycles. The van der Waals surface area contributed by atoms with Crippen LogP contribution in [0, 0.1) is 17.2 Å². The molecule has 5 nitrogen and oxygen atoms in total. The minimum absolute atomic E-state index is 0.218. The Morgan fingerprint density at radius 2 is 2.04 bits per heavy atom. The van der Waals surface area contributed by atoms with E-state index in [1.807, 2.05) is 0 Å². The lowest BCUT2D eigenvalue weighted by atomic mass is 9.77. The summed E-state index contributed by atoms with van der Waals surface area (Å²) in [5.74, 6) is 2.23. The van der Waals surface area contributed by atoms with Gasteiger partial charge in [-0.05, 0) is 63.0 Å². The van der Waals surface area contributed by atoms with Gasteiger partial charge < -0.3 is 14.3 Å². The Labute approximate surface area is 153 Å². The lowest BCUT2D eigenvalue weighted by Crippen LogP contribution is -2.33. The summed E-state index contributed by atoms with van der Waals surface area (Å²) in [4.78, 5) is 9.76. The van der Waals surface area contributed by atoms with Crippen LogP contribution in [0.4, 0.5) is 4.39 Å². The van der Waals surface area contributed by atoms with E-state index in [2.05, 4.69) is 22.0 Å². The van der Waals surface area contributed by atoms with Crippen molar-refractivity contribution in [2.45, 2.75) is 25.2 Å². The molecule has 26 heavy (non-hydrogen) atoms. The number of hydrogen-bond donors (Lipinski definition) is 0. The lowest BCUT2D eigenvalue weighted by Gasteiger charge is -2.27. The smallest absolute Gasteiger partial charge is 0.232 e. The maximum absolute atomic E-state index is 13.2. The van der Waals surface area contributed by atoms with Crippen LogP contribution in [0.15, 0.2) is 28.8 Å². The van der Waals surface area contributed by atoms with E-state index in [0.717, 1.165) is 43.6 Å². The minimum Gasteiger partial charge on any atom is -0.339 e. The zero-order valence-corrected chi connectivity index (χ0v) is 15.2. The summed E-state index contributed by atoms with van der Waals surface area (Å²) in [6.45, 7) is 5.57. The SMILES string of the molecule is CN1CC[C@]2(C1)CN(CC1CC1)C[C@H]2c1nc(-c2ccc(F)cc2)no1. The van der Waals surface area contributed by atoms with Gasteiger partial charge in [0.05, 0.1) is 5.92 Å². The van der Waals surface area contributed by atoms with Gasteiger partial charge in [-0.2, -0.15) is 4.98 Å². The monoisotopic (exact) mass is 356 g/mol. The quantitative estimate of drug-likeness (QED) is 0.843. The number of benzene rings is 1. The Hall–Kier alpha value is -1.79. The summed E-state index contributed by atoms with van der Waals surface area (Å²) >= 11 is 0. The largest absolute Gasteiger partial charge is 0.339 e. The number of aromatic nitrogens is 2. The fourth-order valence-corrected chi connectivity index (χ4v) is 4.83. The number of rotatable bonds is 4. The van der Waals surface area contributed by atoms with Crippen LogP contribution in [-0.4, -0.2) is 59.7 Å². The summed E-state index contributed by atoms with van der Waals surface area (Å²) in [5.41, 5.74) is 1.02. The van der Waals surface area contributed by atoms with Crippen molar-refractivity contribution in [1.82, 2.24) is 19.9 Å². The van der Waals surface area contributed by atoms with E-state index >= 15 is 0 Å². The first-order valence-corrected chi connectivity index (χ1v) is 9.62. The number of likely N-dealkylation sites (tertiary alicyclic amines) is 2. The van der Waals surface area contributed by atoms with Crippen molar-refractivity contribution in [3.63, 3.8) is 0 Å². The van der Waals surface area contributed by atoms with Crippen molar-refractivity contribution in [3.8, 4) is 11.4 Å². The highest BCUT2D eigenvalue weighted by molar-refractivity contribution is 5.53. The van der Waals surface area contributed by atoms with Crippen LogP contribution in [0.1, 0.15) is 31.1 Å². The molecule has 3 aliphatic rings. The van der Waals surface area contributed by atoms with E-state index in [0.29, 0.717) is 5.82 Å². The van der Waals surface area contributed by atoms with E-state index in [9.17, 15) is 4.39 Å². The van der Waals surface area contributed by atoms with Crippen molar-refractivity contribution in [2.24, 2.45) is 11.3 Å². The molecule has 1 aromatic heterocycles. The molecule has 0 amide bonds. The highest BCUT2D eigenvalue weighted by Gasteiger charge is 2.52. The topological polar surface area (TPSA) is 45.4 Å². The van der Waals surface area contributed by atoms with Gasteiger partial charge in [-0.1, -0.05) is 5.16 Å². The Morgan fingerprint density at radius 3 is 2.73 bits per heavy atom. The van der Waals surface area contributed by atoms with E-state index in [1.165, 1.54) is 37.9 Å². The van der Waals surface area contributed by atoms with E-state index in [4.69, 9.17) is 9.51 Å². The van der Waals surface area contributed by atoms with Crippen LogP contribution >= 0.6 is 0 Å². The number of nitrogens with zero attached hydrogens (tertiary/aromatic N) is 4. The molecule has 1 spiro atoms. The second-order valence-electron chi connectivity index (χ2n) is 8.50. The van der Waals surface area contributed by atoms with Gasteiger partial charge in [-0.25, -0.2) is 4.39 Å². The fraction of sp³-hybridized carbons (Fsp3) is 0.600. The average Bonchev–Trinajstić information content (AvgIpc) is 3.04. The first kappa shape index (κ1) is 16.4. The van der Waals surface area contributed by atoms with Crippen LogP contribution < -0.4 is 0 Å². The third-order valence-corrected chi connectivity index (χ3v) is 6.35. The Morgan fingerprint density at radius 1 is 1.23 bits per heavy atom. The highest BCUT2D eigenvalue weighted by Crippen LogP contribution is 2.49. The minimum atomic E-state index is -0.253. The van der Waals surface area contributed by atoms with Crippen molar-refractivity contribution >= 4 is 0 Å². The van der Waals surface area contributed by atoms with Crippen LogP contribution in [0.2, 0.25) is 0 Å². The summed E-state index contributed by atoms with van der Waals surface area (Å²) in [7, 11) is 2.20. The first-order valence-electron chi connectivity index (χ1n) is 9.62. The zero-order valence-electron chi connectivity index (χ0n) is 15.2. The fourth-order valence-electron chi connectivity index (χ4n) is 4.83. The zero-order chi connectivity index (χ0) is 17.7. The predicted molar refractivity (Wildman–Crippen MR) is 96.1 cm³/mol. The molecule has 2 aromatic rings. The molecule has 2 saturated heterocycles. The summed E-state index contributed by atoms with van der Waals surface area (Å²) < 4.78 is 18.9. The molecule has 138 valence electrons. The third kappa shape index (κ3) is 2.95. The average molecular weight is 356 g/mol. The van der Waals surface area contributed by atoms with E-state index in [1.54, 1.807) is 12.1 Å². The van der Waals surface area contributed by atoms with Crippen LogP contribution in [0.3, 0.4) is 0 Å². The molecule has 3 heterocycles. The summed E-state index contributed by atoms with van der Waals surface area (Å²) in [6.07, 6.45) is 3.94. The van der Waals surface area contributed by atoms with Crippen molar-refractivity contribution in [1.29, 1.82) is 0 Å². The Balaban J connectivity index is 1.42. The maximum atomic E-state index is 13.2. The highest BCUT2D eigenvalue weighted by atomic mass is 19.1. The van der Waals surface area contributed by atoms with Gasteiger partial charge in [0, 0.05) is 37.2 Å². The number of halogens is 1. The maximum Gasteiger partial charge on any atom is 0.232 e. The Kier molecular flexibility index (Phi) is 3.87. The second-order valence-corrected chi connectivity index (χ2v) is 8.50. The molecule has 1 aliphatic carbocycles. The molecule has 5 rings (SSSR count). The first-order chi connectivity index (χ1) is 12.6. The molecular weight excluding hydrogens is 331 g/mol. The van der Waals surface area contributed by atoms with Gasteiger partial charge in [-0.15, -0.1) is 0 Å². The van der Waals surface area contributed by atoms with Crippen LogP contribution in [-0.2, 0) is 0 Å². The molecular formula is C20H25FN4O. The van der Waals surface area contributed by atoms with Gasteiger partial charge >= 0.3 is 0 Å². The van der Waals surface area contributed by atoms with Gasteiger partial charge in [0.2, 0.25) is 11.7 Å². The molecule has 0 unspecified atom stereocenters. The summed E-state index contributed by atoms with van der Waals surface area (Å²) in [6, 6.07) is 6.28.